The van der Waals surface area contributed by atoms with Gasteiger partial charge in [0.2, 0.25) is 5.91 Å². The third-order valence-corrected chi connectivity index (χ3v) is 5.62. The number of ether oxygens (including phenoxy) is 1. The Bertz CT molecular complexity index is 1120. The second kappa shape index (κ2) is 7.97. The Balaban J connectivity index is 1.45. The average Bonchev–Trinajstić information content (AvgIpc) is 2.73. The molecule has 1 aliphatic heterocycles. The van der Waals surface area contributed by atoms with Crippen LogP contribution < -0.4 is 10.6 Å². The van der Waals surface area contributed by atoms with Crippen molar-refractivity contribution in [2.75, 3.05) is 16.4 Å². The summed E-state index contributed by atoms with van der Waals surface area (Å²) in [7, 11) is 0. The highest BCUT2D eigenvalue weighted by Gasteiger charge is 2.22. The lowest BCUT2D eigenvalue weighted by molar-refractivity contribution is -0.123. The van der Waals surface area contributed by atoms with E-state index in [0.717, 1.165) is 15.7 Å². The largest absolute Gasteiger partial charge is 0.449 e. The van der Waals surface area contributed by atoms with E-state index in [1.807, 2.05) is 36.4 Å². The molecule has 0 spiro atoms. The summed E-state index contributed by atoms with van der Waals surface area (Å²) in [6, 6.07) is 18.3. The molecular formula is C22H18N2O4S. The minimum atomic E-state index is -0.985. The van der Waals surface area contributed by atoms with Gasteiger partial charge >= 0.3 is 5.97 Å². The van der Waals surface area contributed by atoms with Gasteiger partial charge in [-0.3, -0.25) is 9.59 Å². The molecule has 1 atom stereocenters. The van der Waals surface area contributed by atoms with Gasteiger partial charge in [0.05, 0.1) is 17.0 Å². The van der Waals surface area contributed by atoms with Gasteiger partial charge in [0.15, 0.2) is 6.10 Å². The molecule has 0 radical (unpaired) electrons. The number of thioether (sulfide) groups is 1. The standard InChI is InChI=1S/C22H18N2O4S/c1-13(21(26)24-17-8-4-6-14-5-2-3-7-16(14)17)28-22(27)15-9-10-19-18(11-15)23-20(25)12-29-19/h2-11,13H,12H2,1H3,(H,23,25)(H,24,26)/t13-/m0/s1. The van der Waals surface area contributed by atoms with Gasteiger partial charge in [0.25, 0.3) is 5.91 Å². The number of esters is 1. The summed E-state index contributed by atoms with van der Waals surface area (Å²) in [6.45, 7) is 1.52. The monoisotopic (exact) mass is 406 g/mol. The molecule has 1 heterocycles. The molecular weight excluding hydrogens is 388 g/mol. The number of nitrogens with one attached hydrogen (secondary N) is 2. The predicted molar refractivity (Wildman–Crippen MR) is 113 cm³/mol. The number of hydrogen-bond donors (Lipinski definition) is 2. The van der Waals surface area contributed by atoms with E-state index in [1.54, 1.807) is 24.3 Å². The molecule has 2 amide bonds. The van der Waals surface area contributed by atoms with Gasteiger partial charge in [0, 0.05) is 16.0 Å². The van der Waals surface area contributed by atoms with E-state index in [4.69, 9.17) is 4.74 Å². The van der Waals surface area contributed by atoms with Gasteiger partial charge in [-0.2, -0.15) is 0 Å². The van der Waals surface area contributed by atoms with E-state index in [-0.39, 0.29) is 11.5 Å². The van der Waals surface area contributed by atoms with Crippen molar-refractivity contribution < 1.29 is 19.1 Å². The van der Waals surface area contributed by atoms with Crippen molar-refractivity contribution in [3.05, 3.63) is 66.2 Å². The van der Waals surface area contributed by atoms with Crippen LogP contribution >= 0.6 is 11.8 Å². The van der Waals surface area contributed by atoms with E-state index < -0.39 is 18.0 Å². The summed E-state index contributed by atoms with van der Waals surface area (Å²) in [4.78, 5) is 37.5. The van der Waals surface area contributed by atoms with Crippen LogP contribution in [0.3, 0.4) is 0 Å². The second-order valence-electron chi connectivity index (χ2n) is 6.61. The third kappa shape index (κ3) is 4.09. The Hall–Kier alpha value is -3.32. The van der Waals surface area contributed by atoms with Crippen LogP contribution in [0.15, 0.2) is 65.6 Å². The first-order valence-corrected chi connectivity index (χ1v) is 10.1. The zero-order valence-corrected chi connectivity index (χ0v) is 16.4. The number of amides is 2. The van der Waals surface area contributed by atoms with Gasteiger partial charge in [-0.05, 0) is 36.6 Å². The molecule has 0 bridgehead atoms. The lowest BCUT2D eigenvalue weighted by atomic mass is 10.1. The van der Waals surface area contributed by atoms with Gasteiger partial charge < -0.3 is 15.4 Å². The molecule has 0 aromatic heterocycles. The molecule has 0 saturated heterocycles. The highest BCUT2D eigenvalue weighted by Crippen LogP contribution is 2.32. The van der Waals surface area contributed by atoms with Gasteiger partial charge in [-0.1, -0.05) is 36.4 Å². The Morgan fingerprint density at radius 2 is 1.90 bits per heavy atom. The molecule has 2 N–H and O–H groups in total. The number of benzene rings is 3. The smallest absolute Gasteiger partial charge is 0.338 e. The van der Waals surface area contributed by atoms with Crippen LogP contribution in [0.4, 0.5) is 11.4 Å². The molecule has 7 heteroatoms. The Labute approximate surface area is 171 Å². The van der Waals surface area contributed by atoms with Crippen molar-refractivity contribution in [1.82, 2.24) is 0 Å². The minimum Gasteiger partial charge on any atom is -0.449 e. The first-order chi connectivity index (χ1) is 14.0. The first kappa shape index (κ1) is 19.0. The van der Waals surface area contributed by atoms with Crippen LogP contribution in [-0.4, -0.2) is 29.6 Å². The van der Waals surface area contributed by atoms with Crippen molar-refractivity contribution in [2.45, 2.75) is 17.9 Å². The summed E-state index contributed by atoms with van der Waals surface area (Å²) >= 11 is 1.41. The summed E-state index contributed by atoms with van der Waals surface area (Å²) in [5.74, 6) is -0.812. The van der Waals surface area contributed by atoms with Crippen LogP contribution in [0.2, 0.25) is 0 Å². The fraction of sp³-hybridized carbons (Fsp3) is 0.136. The van der Waals surface area contributed by atoms with E-state index in [9.17, 15) is 14.4 Å². The normalized spacial score (nSPS) is 13.9. The Kier molecular flexibility index (Phi) is 5.22. The molecule has 4 rings (SSSR count). The van der Waals surface area contributed by atoms with Crippen LogP contribution in [0.5, 0.6) is 0 Å². The molecule has 1 aliphatic rings. The van der Waals surface area contributed by atoms with Gasteiger partial charge in [-0.25, -0.2) is 4.79 Å². The zero-order chi connectivity index (χ0) is 20.4. The van der Waals surface area contributed by atoms with E-state index in [0.29, 0.717) is 17.1 Å². The fourth-order valence-corrected chi connectivity index (χ4v) is 3.85. The van der Waals surface area contributed by atoms with Crippen molar-refractivity contribution in [3.8, 4) is 0 Å². The third-order valence-electron chi connectivity index (χ3n) is 4.55. The maximum absolute atomic E-state index is 12.5. The molecule has 29 heavy (non-hydrogen) atoms. The van der Waals surface area contributed by atoms with Crippen LogP contribution in [0.1, 0.15) is 17.3 Å². The molecule has 146 valence electrons. The number of rotatable bonds is 4. The molecule has 0 aliphatic carbocycles. The van der Waals surface area contributed by atoms with Crippen molar-refractivity contribution in [3.63, 3.8) is 0 Å². The lowest BCUT2D eigenvalue weighted by Crippen LogP contribution is -2.30. The predicted octanol–water partition coefficient (Wildman–Crippen LogP) is 4.07. The maximum atomic E-state index is 12.5. The highest BCUT2D eigenvalue weighted by atomic mass is 32.2. The van der Waals surface area contributed by atoms with E-state index in [1.165, 1.54) is 18.7 Å². The summed E-state index contributed by atoms with van der Waals surface area (Å²) in [5.41, 5.74) is 1.51. The SMILES string of the molecule is C[C@H](OC(=O)c1ccc2c(c1)NC(=O)CS2)C(=O)Nc1cccc2ccccc12. The molecule has 0 unspecified atom stereocenters. The fourth-order valence-electron chi connectivity index (χ4n) is 3.06. The Morgan fingerprint density at radius 3 is 2.76 bits per heavy atom. The van der Waals surface area contributed by atoms with E-state index >= 15 is 0 Å². The number of carbonyl (C=O) groups excluding carboxylic acids is 3. The van der Waals surface area contributed by atoms with Crippen LogP contribution in [0, 0.1) is 0 Å². The summed E-state index contributed by atoms with van der Waals surface area (Å²) < 4.78 is 5.33. The number of hydrogen-bond acceptors (Lipinski definition) is 5. The Morgan fingerprint density at radius 1 is 1.10 bits per heavy atom. The summed E-state index contributed by atoms with van der Waals surface area (Å²) in [6.07, 6.45) is -0.985. The molecule has 3 aromatic carbocycles. The van der Waals surface area contributed by atoms with Crippen molar-refractivity contribution >= 4 is 51.7 Å². The molecule has 6 nitrogen and oxygen atoms in total. The number of fused-ring (bicyclic) bond motifs is 2. The lowest BCUT2D eigenvalue weighted by Gasteiger charge is -2.18. The van der Waals surface area contributed by atoms with Crippen LogP contribution in [0.25, 0.3) is 10.8 Å². The minimum absolute atomic E-state index is 0.115. The van der Waals surface area contributed by atoms with Gasteiger partial charge in [-0.15, -0.1) is 11.8 Å². The van der Waals surface area contributed by atoms with Crippen molar-refractivity contribution in [2.24, 2.45) is 0 Å². The molecule has 3 aromatic rings. The van der Waals surface area contributed by atoms with Crippen LogP contribution in [-0.2, 0) is 14.3 Å². The zero-order valence-electron chi connectivity index (χ0n) is 15.6. The highest BCUT2D eigenvalue weighted by molar-refractivity contribution is 8.00. The molecule has 0 saturated carbocycles. The topological polar surface area (TPSA) is 84.5 Å². The second-order valence-corrected chi connectivity index (χ2v) is 7.63. The maximum Gasteiger partial charge on any atom is 0.338 e. The summed E-state index contributed by atoms with van der Waals surface area (Å²) in [5, 5.41) is 7.47. The molecule has 0 fully saturated rings. The van der Waals surface area contributed by atoms with Gasteiger partial charge in [0.1, 0.15) is 0 Å². The number of carbonyl (C=O) groups is 3. The van der Waals surface area contributed by atoms with Crippen molar-refractivity contribution in [1.29, 1.82) is 0 Å². The van der Waals surface area contributed by atoms with E-state index in [2.05, 4.69) is 10.6 Å². The first-order valence-electron chi connectivity index (χ1n) is 9.07. The average molecular weight is 406 g/mol. The quantitative estimate of drug-likeness (QED) is 0.638. The number of anilines is 2.